The number of nitrogens with zero attached hydrogens (tertiary/aromatic N) is 1. The summed E-state index contributed by atoms with van der Waals surface area (Å²) >= 11 is 4.21. The van der Waals surface area contributed by atoms with Crippen LogP contribution in [0, 0.1) is 32.6 Å². The fraction of sp³-hybridized carbons (Fsp3) is 0.333. The number of amides is 2. The van der Waals surface area contributed by atoms with E-state index in [-0.39, 0.29) is 25.2 Å². The molecule has 0 heterocycles. The molecule has 0 radical (unpaired) electrons. The Hall–Kier alpha value is -2.91. The molecule has 2 rings (SSSR count). The van der Waals surface area contributed by atoms with Crippen LogP contribution >= 0.6 is 12.8 Å². The first-order valence-corrected chi connectivity index (χ1v) is 10.2. The first-order chi connectivity index (χ1) is 14.3. The van der Waals surface area contributed by atoms with E-state index in [2.05, 4.69) is 30.0 Å². The Morgan fingerprint density at radius 2 is 1.90 bits per heavy atom. The highest BCUT2D eigenvalue weighted by Crippen LogP contribution is 2.23. The van der Waals surface area contributed by atoms with Crippen LogP contribution in [-0.4, -0.2) is 29.5 Å². The standard InChI is InChI=1S/C24H28N2O3S/c1-17-8-5-10-21(16-17)11-7-13-23(22-12-6-9-18(2)19(22)3)25-24(28)26(30)14-15-29-20(4)27/h5-6,8-10,12,16,23,30H,13-15H2,1-4H3,(H,25,28). The Balaban J connectivity index is 2.16. The number of rotatable bonds is 6. The molecule has 0 aliphatic heterocycles. The van der Waals surface area contributed by atoms with E-state index in [0.717, 1.165) is 27.8 Å². The van der Waals surface area contributed by atoms with Crippen LogP contribution in [-0.2, 0) is 9.53 Å². The van der Waals surface area contributed by atoms with Crippen LogP contribution in [0.25, 0.3) is 0 Å². The lowest BCUT2D eigenvalue weighted by molar-refractivity contribution is -0.140. The summed E-state index contributed by atoms with van der Waals surface area (Å²) in [4.78, 5) is 23.5. The van der Waals surface area contributed by atoms with Gasteiger partial charge >= 0.3 is 12.0 Å². The molecular formula is C24H28N2O3S. The van der Waals surface area contributed by atoms with E-state index < -0.39 is 5.97 Å². The number of thiol groups is 1. The van der Waals surface area contributed by atoms with Gasteiger partial charge in [0.2, 0.25) is 0 Å². The molecule has 0 aliphatic carbocycles. The molecule has 0 saturated heterocycles. The van der Waals surface area contributed by atoms with Crippen LogP contribution in [0.3, 0.4) is 0 Å². The van der Waals surface area contributed by atoms with Crippen molar-refractivity contribution in [3.63, 3.8) is 0 Å². The molecule has 1 N–H and O–H groups in total. The summed E-state index contributed by atoms with van der Waals surface area (Å²) in [5.41, 5.74) is 5.38. The lowest BCUT2D eigenvalue weighted by Gasteiger charge is -2.23. The Bertz CT molecular complexity index is 962. The third-order valence-corrected chi connectivity index (χ3v) is 5.10. The van der Waals surface area contributed by atoms with Crippen LogP contribution in [0.1, 0.15) is 47.2 Å². The minimum atomic E-state index is -0.392. The van der Waals surface area contributed by atoms with Gasteiger partial charge in [-0.3, -0.25) is 9.10 Å². The van der Waals surface area contributed by atoms with E-state index in [4.69, 9.17) is 4.74 Å². The zero-order valence-corrected chi connectivity index (χ0v) is 18.8. The SMILES string of the molecule is CC(=O)OCCN(S)C(=O)NC(CC#Cc1cccc(C)c1)c1cccc(C)c1C. The number of carbonyl (C=O) groups excluding carboxylic acids is 2. The minimum Gasteiger partial charge on any atom is -0.464 e. The topological polar surface area (TPSA) is 58.6 Å². The van der Waals surface area contributed by atoms with E-state index in [1.807, 2.05) is 63.2 Å². The summed E-state index contributed by atoms with van der Waals surface area (Å²) in [6.07, 6.45) is 0.454. The predicted octanol–water partition coefficient (Wildman–Crippen LogP) is 4.51. The van der Waals surface area contributed by atoms with Gasteiger partial charge in [-0.1, -0.05) is 55.0 Å². The number of aryl methyl sites for hydroxylation is 2. The maximum atomic E-state index is 12.6. The van der Waals surface area contributed by atoms with Gasteiger partial charge in [0, 0.05) is 18.9 Å². The van der Waals surface area contributed by atoms with Gasteiger partial charge in [0.1, 0.15) is 6.61 Å². The number of hydrogen-bond acceptors (Lipinski definition) is 4. The van der Waals surface area contributed by atoms with E-state index >= 15 is 0 Å². The predicted molar refractivity (Wildman–Crippen MR) is 122 cm³/mol. The van der Waals surface area contributed by atoms with Crippen LogP contribution in [0.5, 0.6) is 0 Å². The Kier molecular flexibility index (Phi) is 8.82. The van der Waals surface area contributed by atoms with Crippen molar-refractivity contribution in [1.82, 2.24) is 9.62 Å². The zero-order chi connectivity index (χ0) is 22.1. The van der Waals surface area contributed by atoms with Gasteiger partial charge < -0.3 is 10.1 Å². The average Bonchev–Trinajstić information content (AvgIpc) is 2.69. The molecule has 0 spiro atoms. The number of carbonyl (C=O) groups is 2. The Labute approximate surface area is 184 Å². The number of ether oxygens (including phenoxy) is 1. The van der Waals surface area contributed by atoms with Crippen LogP contribution in [0.2, 0.25) is 0 Å². The van der Waals surface area contributed by atoms with E-state index in [1.54, 1.807) is 0 Å². The second kappa shape index (κ2) is 11.3. The summed E-state index contributed by atoms with van der Waals surface area (Å²) < 4.78 is 6.08. The van der Waals surface area contributed by atoms with Crippen molar-refractivity contribution in [2.24, 2.45) is 0 Å². The number of nitrogens with one attached hydrogen (secondary N) is 1. The smallest absolute Gasteiger partial charge is 0.327 e. The van der Waals surface area contributed by atoms with Gasteiger partial charge in [-0.2, -0.15) is 0 Å². The maximum Gasteiger partial charge on any atom is 0.327 e. The molecule has 1 unspecified atom stereocenters. The van der Waals surface area contributed by atoms with E-state index in [9.17, 15) is 9.59 Å². The molecule has 0 saturated carbocycles. The fourth-order valence-corrected chi connectivity index (χ4v) is 3.11. The Morgan fingerprint density at radius 3 is 2.60 bits per heavy atom. The first-order valence-electron chi connectivity index (χ1n) is 9.80. The largest absolute Gasteiger partial charge is 0.464 e. The van der Waals surface area contributed by atoms with Gasteiger partial charge in [0.25, 0.3) is 0 Å². The van der Waals surface area contributed by atoms with Gasteiger partial charge in [-0.15, -0.1) is 0 Å². The maximum absolute atomic E-state index is 12.6. The molecule has 0 aliphatic rings. The molecule has 0 fully saturated rings. The highest BCUT2D eigenvalue weighted by molar-refractivity contribution is 7.78. The van der Waals surface area contributed by atoms with Crippen molar-refractivity contribution in [3.8, 4) is 11.8 Å². The van der Waals surface area contributed by atoms with Gasteiger partial charge in [-0.25, -0.2) is 4.79 Å². The summed E-state index contributed by atoms with van der Waals surface area (Å²) in [5.74, 6) is 5.98. The van der Waals surface area contributed by atoms with Crippen molar-refractivity contribution >= 4 is 24.8 Å². The molecule has 158 valence electrons. The summed E-state index contributed by atoms with van der Waals surface area (Å²) in [6.45, 7) is 7.71. The second-order valence-corrected chi connectivity index (χ2v) is 7.61. The summed E-state index contributed by atoms with van der Waals surface area (Å²) in [7, 11) is 0. The van der Waals surface area contributed by atoms with Crippen LogP contribution < -0.4 is 5.32 Å². The normalized spacial score (nSPS) is 11.1. The highest BCUT2D eigenvalue weighted by Gasteiger charge is 2.19. The number of esters is 1. The Morgan fingerprint density at radius 1 is 1.17 bits per heavy atom. The monoisotopic (exact) mass is 424 g/mol. The molecule has 1 atom stereocenters. The molecular weight excluding hydrogens is 396 g/mol. The number of benzene rings is 2. The molecule has 2 aromatic rings. The van der Waals surface area contributed by atoms with Crippen LogP contribution in [0.4, 0.5) is 4.79 Å². The molecule has 6 heteroatoms. The fourth-order valence-electron chi connectivity index (χ4n) is 2.97. The van der Waals surface area contributed by atoms with Gasteiger partial charge in [0.15, 0.2) is 0 Å². The number of urea groups is 1. The summed E-state index contributed by atoms with van der Waals surface area (Å²) in [6, 6.07) is 13.4. The van der Waals surface area contributed by atoms with Gasteiger partial charge in [0.05, 0.1) is 12.6 Å². The van der Waals surface area contributed by atoms with Crippen molar-refractivity contribution in [1.29, 1.82) is 0 Å². The van der Waals surface area contributed by atoms with Gasteiger partial charge in [-0.05, 0) is 55.2 Å². The lowest BCUT2D eigenvalue weighted by Crippen LogP contribution is -2.38. The minimum absolute atomic E-state index is 0.0908. The van der Waals surface area contributed by atoms with E-state index in [1.165, 1.54) is 11.2 Å². The van der Waals surface area contributed by atoms with E-state index in [0.29, 0.717) is 6.42 Å². The first kappa shape index (κ1) is 23.4. The zero-order valence-electron chi connectivity index (χ0n) is 17.9. The molecule has 0 aromatic heterocycles. The molecule has 5 nitrogen and oxygen atoms in total. The number of hydrogen-bond donors (Lipinski definition) is 2. The highest BCUT2D eigenvalue weighted by atomic mass is 32.1. The van der Waals surface area contributed by atoms with Crippen molar-refractivity contribution in [2.75, 3.05) is 13.2 Å². The molecule has 2 aromatic carbocycles. The van der Waals surface area contributed by atoms with Crippen molar-refractivity contribution in [3.05, 3.63) is 70.3 Å². The summed E-state index contributed by atoms with van der Waals surface area (Å²) in [5, 5.41) is 3.00. The molecule has 0 bridgehead atoms. The second-order valence-electron chi connectivity index (χ2n) is 7.13. The quantitative estimate of drug-likeness (QED) is 0.407. The van der Waals surface area contributed by atoms with Crippen molar-refractivity contribution < 1.29 is 14.3 Å². The van der Waals surface area contributed by atoms with Crippen molar-refractivity contribution in [2.45, 2.75) is 40.2 Å². The van der Waals surface area contributed by atoms with Crippen LogP contribution in [0.15, 0.2) is 42.5 Å². The molecule has 30 heavy (non-hydrogen) atoms. The third-order valence-electron chi connectivity index (χ3n) is 4.72. The lowest BCUT2D eigenvalue weighted by atomic mass is 9.95. The third kappa shape index (κ3) is 7.16. The molecule has 2 amide bonds. The average molecular weight is 425 g/mol.